The highest BCUT2D eigenvalue weighted by molar-refractivity contribution is 5.86. The molecule has 0 unspecified atom stereocenters. The molecule has 1 N–H and O–H groups in total. The number of amides is 2. The molecule has 2 amide bonds. The summed E-state index contributed by atoms with van der Waals surface area (Å²) in [7, 11) is 0. The maximum absolute atomic E-state index is 13.0. The number of carbonyl (C=O) groups excluding carboxylic acids is 2. The van der Waals surface area contributed by atoms with Gasteiger partial charge in [-0.2, -0.15) is 0 Å². The lowest BCUT2D eigenvalue weighted by Crippen LogP contribution is -2.51. The van der Waals surface area contributed by atoms with Crippen molar-refractivity contribution in [3.8, 4) is 0 Å². The summed E-state index contributed by atoms with van der Waals surface area (Å²) in [5.74, 6) is -0.0170. The van der Waals surface area contributed by atoms with Crippen LogP contribution in [-0.4, -0.2) is 41.6 Å². The third kappa shape index (κ3) is 6.77. The molecule has 1 saturated heterocycles. The average molecular weight is 346 g/mol. The normalized spacial score (nSPS) is 16.7. The third-order valence-electron chi connectivity index (χ3n) is 4.19. The fraction of sp³-hybridized carbons (Fsp3) is 0.600. The molecule has 0 radical (unpaired) electrons. The van der Waals surface area contributed by atoms with E-state index in [0.29, 0.717) is 6.42 Å². The highest BCUT2D eigenvalue weighted by Crippen LogP contribution is 2.14. The van der Waals surface area contributed by atoms with E-state index in [0.717, 1.165) is 44.3 Å². The highest BCUT2D eigenvalue weighted by Gasteiger charge is 2.28. The van der Waals surface area contributed by atoms with Crippen LogP contribution in [0.3, 0.4) is 0 Å². The van der Waals surface area contributed by atoms with E-state index in [9.17, 15) is 9.59 Å². The van der Waals surface area contributed by atoms with E-state index in [4.69, 9.17) is 4.74 Å². The number of rotatable bonds is 4. The Morgan fingerprint density at radius 3 is 2.24 bits per heavy atom. The number of carbonyl (C=O) groups is 2. The van der Waals surface area contributed by atoms with Gasteiger partial charge in [-0.1, -0.05) is 43.2 Å². The summed E-state index contributed by atoms with van der Waals surface area (Å²) in [4.78, 5) is 27.1. The highest BCUT2D eigenvalue weighted by atomic mass is 16.6. The Morgan fingerprint density at radius 2 is 1.68 bits per heavy atom. The van der Waals surface area contributed by atoms with Crippen LogP contribution in [0.4, 0.5) is 4.79 Å². The second-order valence-electron chi connectivity index (χ2n) is 7.63. The Balaban J connectivity index is 2.09. The predicted octanol–water partition coefficient (Wildman–Crippen LogP) is 3.53. The van der Waals surface area contributed by atoms with Crippen molar-refractivity contribution in [2.75, 3.05) is 13.1 Å². The number of alkyl carbamates (subject to hydrolysis) is 1. The molecule has 25 heavy (non-hydrogen) atoms. The number of benzene rings is 1. The lowest BCUT2D eigenvalue weighted by Gasteiger charge is -2.28. The number of nitrogens with one attached hydrogen (secondary N) is 1. The van der Waals surface area contributed by atoms with Crippen molar-refractivity contribution in [1.82, 2.24) is 10.2 Å². The van der Waals surface area contributed by atoms with Crippen LogP contribution in [0.15, 0.2) is 30.3 Å². The topological polar surface area (TPSA) is 58.6 Å². The molecule has 5 nitrogen and oxygen atoms in total. The Hall–Kier alpha value is -2.04. The van der Waals surface area contributed by atoms with Gasteiger partial charge < -0.3 is 15.0 Å². The number of ether oxygens (including phenoxy) is 1. The quantitative estimate of drug-likeness (QED) is 0.907. The van der Waals surface area contributed by atoms with Crippen molar-refractivity contribution in [1.29, 1.82) is 0 Å². The summed E-state index contributed by atoms with van der Waals surface area (Å²) < 4.78 is 5.35. The zero-order valence-electron chi connectivity index (χ0n) is 15.6. The molecule has 0 saturated carbocycles. The standard InChI is InChI=1S/C20H30N2O3/c1-20(2,3)25-19(24)21-17(15-16-11-7-6-8-12-16)18(23)22-13-9-4-5-10-14-22/h6-8,11-12,17H,4-5,9-10,13-15H2,1-3H3,(H,21,24)/t17-/m1/s1. The molecule has 1 heterocycles. The minimum Gasteiger partial charge on any atom is -0.444 e. The van der Waals surface area contributed by atoms with Gasteiger partial charge in [-0.3, -0.25) is 4.79 Å². The lowest BCUT2D eigenvalue weighted by molar-refractivity contribution is -0.133. The van der Waals surface area contributed by atoms with Gasteiger partial charge in [0.15, 0.2) is 0 Å². The zero-order chi connectivity index (χ0) is 18.3. The first-order chi connectivity index (χ1) is 11.8. The lowest BCUT2D eigenvalue weighted by atomic mass is 10.0. The molecule has 1 aliphatic rings. The minimum atomic E-state index is -0.602. The molecule has 0 bridgehead atoms. The second kappa shape index (κ2) is 8.88. The van der Waals surface area contributed by atoms with Crippen molar-refractivity contribution in [2.45, 2.75) is 64.5 Å². The zero-order valence-corrected chi connectivity index (χ0v) is 15.6. The van der Waals surface area contributed by atoms with Gasteiger partial charge in [-0.05, 0) is 39.2 Å². The van der Waals surface area contributed by atoms with Gasteiger partial charge in [-0.15, -0.1) is 0 Å². The second-order valence-corrected chi connectivity index (χ2v) is 7.63. The SMILES string of the molecule is CC(C)(C)OC(=O)N[C@H](Cc1ccccc1)C(=O)N1CCCCCC1. The van der Waals surface area contributed by atoms with Gasteiger partial charge in [-0.25, -0.2) is 4.79 Å². The molecule has 1 aromatic rings. The van der Waals surface area contributed by atoms with Gasteiger partial charge in [0.2, 0.25) is 5.91 Å². The van der Waals surface area contributed by atoms with Crippen molar-refractivity contribution in [3.05, 3.63) is 35.9 Å². The van der Waals surface area contributed by atoms with Crippen molar-refractivity contribution < 1.29 is 14.3 Å². The van der Waals surface area contributed by atoms with Gasteiger partial charge in [0, 0.05) is 19.5 Å². The van der Waals surface area contributed by atoms with Crippen LogP contribution in [0.2, 0.25) is 0 Å². The van der Waals surface area contributed by atoms with E-state index in [1.54, 1.807) is 0 Å². The molecule has 2 rings (SSSR count). The fourth-order valence-electron chi connectivity index (χ4n) is 3.01. The summed E-state index contributed by atoms with van der Waals surface area (Å²) in [6, 6.07) is 9.16. The van der Waals surface area contributed by atoms with Crippen molar-refractivity contribution in [3.63, 3.8) is 0 Å². The monoisotopic (exact) mass is 346 g/mol. The van der Waals surface area contributed by atoms with E-state index >= 15 is 0 Å². The predicted molar refractivity (Wildman–Crippen MR) is 98.4 cm³/mol. The summed E-state index contributed by atoms with van der Waals surface area (Å²) in [6.07, 6.45) is 4.29. The third-order valence-corrected chi connectivity index (χ3v) is 4.19. The van der Waals surface area contributed by atoms with Crippen molar-refractivity contribution in [2.24, 2.45) is 0 Å². The van der Waals surface area contributed by atoms with Crippen LogP contribution in [0.5, 0.6) is 0 Å². The maximum atomic E-state index is 13.0. The van der Waals surface area contributed by atoms with E-state index < -0.39 is 17.7 Å². The van der Waals surface area contributed by atoms with Gasteiger partial charge in [0.05, 0.1) is 0 Å². The molecular formula is C20H30N2O3. The first-order valence-electron chi connectivity index (χ1n) is 9.17. The molecule has 0 aromatic heterocycles. The largest absolute Gasteiger partial charge is 0.444 e. The molecule has 1 atom stereocenters. The van der Waals surface area contributed by atoms with Gasteiger partial charge in [0.1, 0.15) is 11.6 Å². The van der Waals surface area contributed by atoms with Crippen LogP contribution in [-0.2, 0) is 16.0 Å². The Labute approximate surface area is 150 Å². The number of likely N-dealkylation sites (tertiary alicyclic amines) is 1. The van der Waals surface area contributed by atoms with E-state index in [-0.39, 0.29) is 5.91 Å². The van der Waals surface area contributed by atoms with E-state index in [2.05, 4.69) is 5.32 Å². The molecule has 0 spiro atoms. The van der Waals surface area contributed by atoms with Crippen LogP contribution in [0.25, 0.3) is 0 Å². The first-order valence-corrected chi connectivity index (χ1v) is 9.17. The molecular weight excluding hydrogens is 316 g/mol. The average Bonchev–Trinajstić information content (AvgIpc) is 2.82. The smallest absolute Gasteiger partial charge is 0.408 e. The summed E-state index contributed by atoms with van der Waals surface area (Å²) in [5.41, 5.74) is 0.430. The first kappa shape index (κ1) is 19.3. The van der Waals surface area contributed by atoms with Crippen LogP contribution in [0.1, 0.15) is 52.0 Å². The Bertz CT molecular complexity index is 558. The molecule has 1 aliphatic heterocycles. The fourth-order valence-corrected chi connectivity index (χ4v) is 3.01. The molecule has 1 aromatic carbocycles. The van der Waals surface area contributed by atoms with Crippen molar-refractivity contribution >= 4 is 12.0 Å². The molecule has 138 valence electrons. The number of nitrogens with zero attached hydrogens (tertiary/aromatic N) is 1. The van der Waals surface area contributed by atoms with Crippen LogP contribution >= 0.6 is 0 Å². The molecule has 0 aliphatic carbocycles. The molecule has 5 heteroatoms. The summed E-state index contributed by atoms with van der Waals surface area (Å²) in [5, 5.41) is 2.79. The Kier molecular flexibility index (Phi) is 6.85. The van der Waals surface area contributed by atoms with E-state index in [1.807, 2.05) is 56.0 Å². The summed E-state index contributed by atoms with van der Waals surface area (Å²) in [6.45, 7) is 6.97. The number of hydrogen-bond donors (Lipinski definition) is 1. The summed E-state index contributed by atoms with van der Waals surface area (Å²) >= 11 is 0. The molecule has 1 fully saturated rings. The van der Waals surface area contributed by atoms with Crippen LogP contribution < -0.4 is 5.32 Å². The van der Waals surface area contributed by atoms with Crippen LogP contribution in [0, 0.1) is 0 Å². The van der Waals surface area contributed by atoms with E-state index in [1.165, 1.54) is 0 Å². The number of hydrogen-bond acceptors (Lipinski definition) is 3. The minimum absolute atomic E-state index is 0.0170. The Morgan fingerprint density at radius 1 is 1.08 bits per heavy atom. The van der Waals surface area contributed by atoms with Gasteiger partial charge >= 0.3 is 6.09 Å². The van der Waals surface area contributed by atoms with Gasteiger partial charge in [0.25, 0.3) is 0 Å². The maximum Gasteiger partial charge on any atom is 0.408 e.